The van der Waals surface area contributed by atoms with Crippen molar-refractivity contribution >= 4 is 23.8 Å². The highest BCUT2D eigenvalue weighted by molar-refractivity contribution is 7.98. The number of rotatable bonds is 4. The molecule has 0 bridgehead atoms. The lowest BCUT2D eigenvalue weighted by molar-refractivity contribution is 0.745. The molecular formula is C11H16N4S. The van der Waals surface area contributed by atoms with E-state index in [1.165, 1.54) is 43.7 Å². The summed E-state index contributed by atoms with van der Waals surface area (Å²) < 4.78 is 0. The Hall–Kier alpha value is -1.10. The molecule has 0 amide bonds. The maximum absolute atomic E-state index is 7.33. The van der Waals surface area contributed by atoms with Crippen LogP contribution in [0.1, 0.15) is 31.2 Å². The van der Waals surface area contributed by atoms with Gasteiger partial charge in [-0.15, -0.1) is 0 Å². The van der Waals surface area contributed by atoms with Gasteiger partial charge in [0.15, 0.2) is 5.16 Å². The third kappa shape index (κ3) is 2.52. The number of nitrogens with one attached hydrogen (secondary N) is 2. The van der Waals surface area contributed by atoms with E-state index in [4.69, 9.17) is 5.41 Å². The molecule has 0 aromatic carbocycles. The Balaban J connectivity index is 2.18. The zero-order chi connectivity index (χ0) is 11.4. The zero-order valence-electron chi connectivity index (χ0n) is 9.36. The summed E-state index contributed by atoms with van der Waals surface area (Å²) in [6.07, 6.45) is 9.96. The molecule has 0 saturated heterocycles. The SMILES string of the molecule is CSc1ncc(C=N)c(NC2CCCC2)n1. The minimum atomic E-state index is 0.517. The molecule has 1 heterocycles. The van der Waals surface area contributed by atoms with Gasteiger partial charge in [0, 0.05) is 18.5 Å². The molecule has 0 aliphatic heterocycles. The van der Waals surface area contributed by atoms with E-state index in [0.717, 1.165) is 16.5 Å². The van der Waals surface area contributed by atoms with Crippen molar-refractivity contribution in [2.75, 3.05) is 11.6 Å². The fraction of sp³-hybridized carbons (Fsp3) is 0.545. The van der Waals surface area contributed by atoms with Crippen LogP contribution in [0.25, 0.3) is 0 Å². The molecule has 4 nitrogen and oxygen atoms in total. The van der Waals surface area contributed by atoms with Gasteiger partial charge in [0.1, 0.15) is 5.82 Å². The van der Waals surface area contributed by atoms with Gasteiger partial charge in [0.05, 0.1) is 5.56 Å². The summed E-state index contributed by atoms with van der Waals surface area (Å²) in [6.45, 7) is 0. The van der Waals surface area contributed by atoms with Crippen LogP contribution in [0.4, 0.5) is 5.82 Å². The van der Waals surface area contributed by atoms with Gasteiger partial charge >= 0.3 is 0 Å². The van der Waals surface area contributed by atoms with E-state index in [9.17, 15) is 0 Å². The molecule has 1 aliphatic rings. The molecule has 1 aliphatic carbocycles. The van der Waals surface area contributed by atoms with E-state index in [-0.39, 0.29) is 0 Å². The van der Waals surface area contributed by atoms with Crippen LogP contribution in [0, 0.1) is 5.41 Å². The van der Waals surface area contributed by atoms with Gasteiger partial charge in [-0.25, -0.2) is 9.97 Å². The van der Waals surface area contributed by atoms with Crippen molar-refractivity contribution in [2.45, 2.75) is 36.9 Å². The minimum Gasteiger partial charge on any atom is -0.367 e. The maximum Gasteiger partial charge on any atom is 0.189 e. The molecule has 2 rings (SSSR count). The van der Waals surface area contributed by atoms with Gasteiger partial charge in [-0.05, 0) is 19.1 Å². The molecule has 1 saturated carbocycles. The number of anilines is 1. The minimum absolute atomic E-state index is 0.517. The average molecular weight is 236 g/mol. The highest BCUT2D eigenvalue weighted by Gasteiger charge is 2.16. The van der Waals surface area contributed by atoms with Crippen LogP contribution in [-0.4, -0.2) is 28.5 Å². The number of thioether (sulfide) groups is 1. The van der Waals surface area contributed by atoms with E-state index in [1.54, 1.807) is 6.20 Å². The molecule has 1 aromatic rings. The molecule has 0 radical (unpaired) electrons. The largest absolute Gasteiger partial charge is 0.367 e. The lowest BCUT2D eigenvalue weighted by atomic mass is 10.2. The standard InChI is InChI=1S/C11H16N4S/c1-16-11-13-7-8(6-12)10(15-11)14-9-4-2-3-5-9/h6-7,9,12H,2-5H2,1H3,(H,13,14,15). The van der Waals surface area contributed by atoms with E-state index in [1.807, 2.05) is 6.26 Å². The Labute approximate surface area is 99.8 Å². The van der Waals surface area contributed by atoms with Crippen LogP contribution in [0.3, 0.4) is 0 Å². The molecule has 1 aromatic heterocycles. The van der Waals surface area contributed by atoms with E-state index in [2.05, 4.69) is 15.3 Å². The van der Waals surface area contributed by atoms with Crippen LogP contribution < -0.4 is 5.32 Å². The van der Waals surface area contributed by atoms with Crippen LogP contribution in [-0.2, 0) is 0 Å². The smallest absolute Gasteiger partial charge is 0.189 e. The highest BCUT2D eigenvalue weighted by atomic mass is 32.2. The molecule has 1 fully saturated rings. The number of aromatic nitrogens is 2. The molecule has 0 atom stereocenters. The summed E-state index contributed by atoms with van der Waals surface area (Å²) in [5, 5.41) is 11.5. The Kier molecular flexibility index (Phi) is 3.77. The Morgan fingerprint density at radius 1 is 1.50 bits per heavy atom. The second-order valence-corrected chi connectivity index (χ2v) is 4.70. The predicted octanol–water partition coefficient (Wildman–Crippen LogP) is 2.55. The lowest BCUT2D eigenvalue weighted by Gasteiger charge is -2.14. The quantitative estimate of drug-likeness (QED) is 0.479. The van der Waals surface area contributed by atoms with Crippen molar-refractivity contribution in [1.82, 2.24) is 9.97 Å². The first kappa shape index (κ1) is 11.4. The van der Waals surface area contributed by atoms with E-state index < -0.39 is 0 Å². The Morgan fingerprint density at radius 3 is 2.88 bits per heavy atom. The first-order chi connectivity index (χ1) is 7.83. The monoisotopic (exact) mass is 236 g/mol. The van der Waals surface area contributed by atoms with Crippen molar-refractivity contribution in [3.8, 4) is 0 Å². The molecule has 16 heavy (non-hydrogen) atoms. The summed E-state index contributed by atoms with van der Waals surface area (Å²) in [4.78, 5) is 8.58. The van der Waals surface area contributed by atoms with Gasteiger partial charge < -0.3 is 10.7 Å². The lowest BCUT2D eigenvalue weighted by Crippen LogP contribution is -2.17. The van der Waals surface area contributed by atoms with Crippen LogP contribution in [0.2, 0.25) is 0 Å². The fourth-order valence-corrected chi connectivity index (χ4v) is 2.30. The number of hydrogen-bond donors (Lipinski definition) is 2. The van der Waals surface area contributed by atoms with Gasteiger partial charge in [0.2, 0.25) is 0 Å². The molecule has 0 spiro atoms. The summed E-state index contributed by atoms with van der Waals surface area (Å²) in [5.41, 5.74) is 0.768. The summed E-state index contributed by atoms with van der Waals surface area (Å²) in [7, 11) is 0. The molecule has 0 unspecified atom stereocenters. The van der Waals surface area contributed by atoms with Crippen LogP contribution >= 0.6 is 11.8 Å². The molecular weight excluding hydrogens is 220 g/mol. The maximum atomic E-state index is 7.33. The molecule has 2 N–H and O–H groups in total. The van der Waals surface area contributed by atoms with Gasteiger partial charge in [-0.3, -0.25) is 0 Å². The highest BCUT2D eigenvalue weighted by Crippen LogP contribution is 2.23. The van der Waals surface area contributed by atoms with Crippen molar-refractivity contribution in [3.05, 3.63) is 11.8 Å². The second kappa shape index (κ2) is 5.30. The van der Waals surface area contributed by atoms with Crippen molar-refractivity contribution in [1.29, 1.82) is 5.41 Å². The summed E-state index contributed by atoms with van der Waals surface area (Å²) in [5.74, 6) is 0.807. The van der Waals surface area contributed by atoms with Crippen molar-refractivity contribution < 1.29 is 0 Å². The average Bonchev–Trinajstić information content (AvgIpc) is 2.82. The topological polar surface area (TPSA) is 61.7 Å². The number of nitrogens with zero attached hydrogens (tertiary/aromatic N) is 2. The first-order valence-corrected chi connectivity index (χ1v) is 6.74. The molecule has 5 heteroatoms. The van der Waals surface area contributed by atoms with Gasteiger partial charge in [-0.2, -0.15) is 0 Å². The Bertz CT molecular complexity index is 374. The predicted molar refractivity (Wildman–Crippen MR) is 67.6 cm³/mol. The van der Waals surface area contributed by atoms with E-state index in [0.29, 0.717) is 6.04 Å². The first-order valence-electron chi connectivity index (χ1n) is 5.51. The zero-order valence-corrected chi connectivity index (χ0v) is 10.2. The Morgan fingerprint density at radius 2 is 2.25 bits per heavy atom. The van der Waals surface area contributed by atoms with Crippen molar-refractivity contribution in [2.24, 2.45) is 0 Å². The van der Waals surface area contributed by atoms with E-state index >= 15 is 0 Å². The molecule has 86 valence electrons. The van der Waals surface area contributed by atoms with Crippen LogP contribution in [0.5, 0.6) is 0 Å². The van der Waals surface area contributed by atoms with Crippen LogP contribution in [0.15, 0.2) is 11.4 Å². The fourth-order valence-electron chi connectivity index (χ4n) is 1.96. The summed E-state index contributed by atoms with van der Waals surface area (Å²) >= 11 is 1.52. The van der Waals surface area contributed by atoms with Gasteiger partial charge in [-0.1, -0.05) is 24.6 Å². The normalized spacial score (nSPS) is 16.3. The van der Waals surface area contributed by atoms with Crippen molar-refractivity contribution in [3.63, 3.8) is 0 Å². The third-order valence-corrected chi connectivity index (χ3v) is 3.39. The third-order valence-electron chi connectivity index (χ3n) is 2.83. The number of hydrogen-bond acceptors (Lipinski definition) is 5. The van der Waals surface area contributed by atoms with Gasteiger partial charge in [0.25, 0.3) is 0 Å². The second-order valence-electron chi connectivity index (χ2n) is 3.93. The summed E-state index contributed by atoms with van der Waals surface area (Å²) in [6, 6.07) is 0.517.